The molecule has 2 aromatic carbocycles. The molecule has 0 aromatic heterocycles. The Morgan fingerprint density at radius 3 is 2.17 bits per heavy atom. The fraction of sp³-hybridized carbons (Fsp3) is 0.278. The van der Waals surface area contributed by atoms with Crippen LogP contribution in [0.25, 0.3) is 0 Å². The van der Waals surface area contributed by atoms with Crippen LogP contribution in [0, 0.1) is 0 Å². The molecule has 2 aromatic rings. The summed E-state index contributed by atoms with van der Waals surface area (Å²) in [6.07, 6.45) is 3.27. The largest absolute Gasteiger partial charge is 0.351 e. The van der Waals surface area contributed by atoms with Crippen LogP contribution in [0.4, 0.5) is 0 Å². The topological polar surface area (TPSA) is 89.3 Å². The minimum Gasteiger partial charge on any atom is -0.351 e. The van der Waals surface area contributed by atoms with Crippen molar-refractivity contribution in [2.45, 2.75) is 29.6 Å². The molecule has 1 aliphatic rings. The van der Waals surface area contributed by atoms with Crippen LogP contribution >= 0.6 is 0 Å². The summed E-state index contributed by atoms with van der Waals surface area (Å²) in [6, 6.07) is 15.9. The molecule has 0 bridgehead atoms. The zero-order valence-corrected chi connectivity index (χ0v) is 14.1. The van der Waals surface area contributed by atoms with Gasteiger partial charge >= 0.3 is 0 Å². The highest BCUT2D eigenvalue weighted by Gasteiger charge is 2.38. The molecule has 1 fully saturated rings. The summed E-state index contributed by atoms with van der Waals surface area (Å²) >= 11 is 0. The van der Waals surface area contributed by atoms with E-state index < -0.39 is 10.0 Å². The maximum absolute atomic E-state index is 12.3. The average Bonchev–Trinajstić information content (AvgIpc) is 2.54. The summed E-state index contributed by atoms with van der Waals surface area (Å²) in [7, 11) is -3.74. The number of sulfonamides is 1. The number of amides is 1. The molecule has 0 spiro atoms. The highest BCUT2D eigenvalue weighted by atomic mass is 32.2. The third kappa shape index (κ3) is 3.34. The molecule has 0 aliphatic heterocycles. The molecule has 24 heavy (non-hydrogen) atoms. The lowest BCUT2D eigenvalue weighted by Gasteiger charge is -2.42. The van der Waals surface area contributed by atoms with E-state index in [2.05, 4.69) is 17.4 Å². The third-order valence-electron chi connectivity index (χ3n) is 4.73. The Bertz CT molecular complexity index is 826. The van der Waals surface area contributed by atoms with Gasteiger partial charge in [0.2, 0.25) is 10.0 Å². The van der Waals surface area contributed by atoms with Crippen molar-refractivity contribution in [3.05, 3.63) is 65.7 Å². The van der Waals surface area contributed by atoms with Crippen LogP contribution < -0.4 is 10.5 Å². The third-order valence-corrected chi connectivity index (χ3v) is 5.66. The van der Waals surface area contributed by atoms with Gasteiger partial charge in [-0.1, -0.05) is 36.8 Å². The molecule has 1 saturated carbocycles. The van der Waals surface area contributed by atoms with E-state index in [9.17, 15) is 13.2 Å². The van der Waals surface area contributed by atoms with E-state index >= 15 is 0 Å². The minimum atomic E-state index is -3.74. The Balaban J connectivity index is 1.69. The highest BCUT2D eigenvalue weighted by molar-refractivity contribution is 7.89. The van der Waals surface area contributed by atoms with Crippen molar-refractivity contribution in [1.82, 2.24) is 5.32 Å². The molecule has 3 N–H and O–H groups in total. The van der Waals surface area contributed by atoms with Crippen molar-refractivity contribution in [2.24, 2.45) is 5.14 Å². The Morgan fingerprint density at radius 2 is 1.67 bits per heavy atom. The first-order valence-corrected chi connectivity index (χ1v) is 9.42. The van der Waals surface area contributed by atoms with Crippen molar-refractivity contribution in [3.63, 3.8) is 0 Å². The number of primary sulfonamides is 1. The van der Waals surface area contributed by atoms with Gasteiger partial charge in [-0.3, -0.25) is 4.79 Å². The molecule has 0 heterocycles. The van der Waals surface area contributed by atoms with Gasteiger partial charge in [0.25, 0.3) is 5.91 Å². The second-order valence-corrected chi connectivity index (χ2v) is 7.81. The van der Waals surface area contributed by atoms with Gasteiger partial charge < -0.3 is 5.32 Å². The van der Waals surface area contributed by atoms with Gasteiger partial charge in [-0.2, -0.15) is 0 Å². The predicted octanol–water partition coefficient (Wildman–Crippen LogP) is 2.19. The average molecular weight is 344 g/mol. The summed E-state index contributed by atoms with van der Waals surface area (Å²) in [5.41, 5.74) is 1.68. The molecule has 1 aliphatic carbocycles. The van der Waals surface area contributed by atoms with Crippen LogP contribution in [0.5, 0.6) is 0 Å². The fourth-order valence-electron chi connectivity index (χ4n) is 3.11. The number of hydrogen-bond donors (Lipinski definition) is 2. The molecule has 126 valence electrons. The second kappa shape index (κ2) is 6.37. The van der Waals surface area contributed by atoms with E-state index in [0.717, 1.165) is 19.3 Å². The summed E-state index contributed by atoms with van der Waals surface area (Å²) in [6.45, 7) is 0.576. The van der Waals surface area contributed by atoms with Crippen molar-refractivity contribution in [2.75, 3.05) is 6.54 Å². The summed E-state index contributed by atoms with van der Waals surface area (Å²) < 4.78 is 22.5. The number of carbonyl (C=O) groups excluding carboxylic acids is 1. The number of rotatable bonds is 5. The van der Waals surface area contributed by atoms with E-state index in [0.29, 0.717) is 12.1 Å². The number of benzene rings is 2. The molecule has 6 heteroatoms. The first kappa shape index (κ1) is 16.7. The van der Waals surface area contributed by atoms with Gasteiger partial charge in [0.05, 0.1) is 4.90 Å². The molecule has 0 unspecified atom stereocenters. The van der Waals surface area contributed by atoms with Crippen LogP contribution in [-0.2, 0) is 15.4 Å². The SMILES string of the molecule is NS(=O)(=O)c1ccc(C(=O)NCC2(c3ccccc3)CCC2)cc1. The van der Waals surface area contributed by atoms with Crippen LogP contribution in [0.15, 0.2) is 59.5 Å². The number of nitrogens with two attached hydrogens (primary N) is 1. The van der Waals surface area contributed by atoms with Gasteiger partial charge in [-0.05, 0) is 42.7 Å². The smallest absolute Gasteiger partial charge is 0.251 e. The number of nitrogens with one attached hydrogen (secondary N) is 1. The normalized spacial score (nSPS) is 16.2. The summed E-state index contributed by atoms with van der Waals surface area (Å²) in [4.78, 5) is 12.3. The molecular formula is C18H20N2O3S. The first-order valence-electron chi connectivity index (χ1n) is 7.87. The van der Waals surface area contributed by atoms with E-state index in [1.54, 1.807) is 0 Å². The van der Waals surface area contributed by atoms with Crippen molar-refractivity contribution < 1.29 is 13.2 Å². The molecule has 1 amide bonds. The Kier molecular flexibility index (Phi) is 4.43. The van der Waals surface area contributed by atoms with Gasteiger partial charge in [-0.15, -0.1) is 0 Å². The first-order chi connectivity index (χ1) is 11.4. The van der Waals surface area contributed by atoms with Crippen molar-refractivity contribution in [3.8, 4) is 0 Å². The molecule has 5 nitrogen and oxygen atoms in total. The Morgan fingerprint density at radius 1 is 1.04 bits per heavy atom. The Labute approximate surface area is 141 Å². The van der Waals surface area contributed by atoms with Gasteiger partial charge in [0.15, 0.2) is 0 Å². The monoisotopic (exact) mass is 344 g/mol. The van der Waals surface area contributed by atoms with E-state index in [1.165, 1.54) is 29.8 Å². The van der Waals surface area contributed by atoms with E-state index in [1.807, 2.05) is 18.2 Å². The van der Waals surface area contributed by atoms with Crippen LogP contribution in [-0.4, -0.2) is 20.9 Å². The number of hydrogen-bond acceptors (Lipinski definition) is 3. The van der Waals surface area contributed by atoms with Gasteiger partial charge in [0.1, 0.15) is 0 Å². The highest BCUT2D eigenvalue weighted by Crippen LogP contribution is 2.43. The maximum Gasteiger partial charge on any atom is 0.251 e. The van der Waals surface area contributed by atoms with Crippen molar-refractivity contribution in [1.29, 1.82) is 0 Å². The summed E-state index contributed by atoms with van der Waals surface area (Å²) in [5, 5.41) is 8.04. The summed E-state index contributed by atoms with van der Waals surface area (Å²) in [5.74, 6) is -0.210. The van der Waals surface area contributed by atoms with Crippen LogP contribution in [0.3, 0.4) is 0 Å². The lowest BCUT2D eigenvalue weighted by atomic mass is 9.64. The standard InChI is InChI=1S/C18H20N2O3S/c19-24(22,23)16-9-7-14(8-10-16)17(21)20-13-18(11-4-12-18)15-5-2-1-3-6-15/h1-3,5-10H,4,11-13H2,(H,20,21)(H2,19,22,23). The lowest BCUT2D eigenvalue weighted by Crippen LogP contribution is -2.45. The minimum absolute atomic E-state index is 0.00111. The molecule has 0 atom stereocenters. The zero-order chi connectivity index (χ0) is 17.2. The van der Waals surface area contributed by atoms with Gasteiger partial charge in [0, 0.05) is 17.5 Å². The van der Waals surface area contributed by atoms with E-state index in [4.69, 9.17) is 5.14 Å². The van der Waals surface area contributed by atoms with Crippen molar-refractivity contribution >= 4 is 15.9 Å². The second-order valence-electron chi connectivity index (χ2n) is 6.25. The Hall–Kier alpha value is -2.18. The molecular weight excluding hydrogens is 324 g/mol. The predicted molar refractivity (Wildman–Crippen MR) is 92.1 cm³/mol. The molecule has 0 radical (unpaired) electrons. The quantitative estimate of drug-likeness (QED) is 0.871. The van der Waals surface area contributed by atoms with Crippen LogP contribution in [0.2, 0.25) is 0 Å². The molecule has 3 rings (SSSR count). The van der Waals surface area contributed by atoms with E-state index in [-0.39, 0.29) is 16.2 Å². The number of carbonyl (C=O) groups is 1. The van der Waals surface area contributed by atoms with Crippen LogP contribution in [0.1, 0.15) is 35.2 Å². The lowest BCUT2D eigenvalue weighted by molar-refractivity contribution is 0.0927. The van der Waals surface area contributed by atoms with Gasteiger partial charge in [-0.25, -0.2) is 13.6 Å². The fourth-order valence-corrected chi connectivity index (χ4v) is 3.63. The zero-order valence-electron chi connectivity index (χ0n) is 13.2. The molecule has 0 saturated heterocycles. The maximum atomic E-state index is 12.3.